The van der Waals surface area contributed by atoms with Crippen molar-refractivity contribution in [3.63, 3.8) is 0 Å². The third-order valence-corrected chi connectivity index (χ3v) is 5.20. The number of benzene rings is 2. The van der Waals surface area contributed by atoms with Gasteiger partial charge in [0.25, 0.3) is 0 Å². The van der Waals surface area contributed by atoms with E-state index in [4.69, 9.17) is 18.9 Å². The Labute approximate surface area is 200 Å². The molecule has 0 aromatic heterocycles. The van der Waals surface area contributed by atoms with Crippen LogP contribution in [0.15, 0.2) is 41.5 Å². The van der Waals surface area contributed by atoms with Crippen LogP contribution in [0.1, 0.15) is 38.7 Å². The van der Waals surface area contributed by atoms with Crippen molar-refractivity contribution in [1.29, 1.82) is 0 Å². The molecule has 0 bridgehead atoms. The lowest BCUT2D eigenvalue weighted by Crippen LogP contribution is -2.40. The van der Waals surface area contributed by atoms with Crippen LogP contribution in [0.4, 0.5) is 10.5 Å². The fraction of sp³-hybridized carbons (Fsp3) is 0.440. The molecule has 34 heavy (non-hydrogen) atoms. The number of methoxy groups -OCH3 is 2. The van der Waals surface area contributed by atoms with Gasteiger partial charge in [-0.2, -0.15) is 5.10 Å². The Morgan fingerprint density at radius 3 is 2.62 bits per heavy atom. The van der Waals surface area contributed by atoms with Crippen molar-refractivity contribution >= 4 is 18.0 Å². The maximum absolute atomic E-state index is 12.6. The first kappa shape index (κ1) is 25.0. The van der Waals surface area contributed by atoms with Crippen molar-refractivity contribution in [2.45, 2.75) is 39.3 Å². The van der Waals surface area contributed by atoms with Crippen molar-refractivity contribution in [1.82, 2.24) is 5.01 Å². The van der Waals surface area contributed by atoms with Crippen molar-refractivity contribution in [3.8, 4) is 23.0 Å². The van der Waals surface area contributed by atoms with Crippen LogP contribution < -0.4 is 19.5 Å². The van der Waals surface area contributed by atoms with Crippen LogP contribution in [0.5, 0.6) is 23.0 Å². The smallest absolute Gasteiger partial charge is 0.413 e. The summed E-state index contributed by atoms with van der Waals surface area (Å²) in [6.07, 6.45) is 3.11. The van der Waals surface area contributed by atoms with Crippen LogP contribution in [0.2, 0.25) is 0 Å². The molecule has 0 radical (unpaired) electrons. The van der Waals surface area contributed by atoms with Crippen LogP contribution in [0.3, 0.4) is 0 Å². The first-order chi connectivity index (χ1) is 16.4. The van der Waals surface area contributed by atoms with E-state index in [2.05, 4.69) is 24.3 Å². The number of carbonyl (C=O) groups excluding carboxylic acids is 1. The van der Waals surface area contributed by atoms with Gasteiger partial charge in [0.15, 0.2) is 29.2 Å². The number of hydrogen-bond donors (Lipinski definition) is 2. The predicted octanol–water partition coefficient (Wildman–Crippen LogP) is 4.84. The minimum atomic E-state index is -0.575. The van der Waals surface area contributed by atoms with E-state index in [1.807, 2.05) is 0 Å². The maximum Gasteiger partial charge on any atom is 0.413 e. The second-order valence-corrected chi connectivity index (χ2v) is 8.39. The molecular formula is C25H33N3O6. The summed E-state index contributed by atoms with van der Waals surface area (Å²) in [5.74, 6) is 1.93. The molecule has 2 N–H and O–H groups in total. The highest BCUT2D eigenvalue weighted by Crippen LogP contribution is 2.31. The summed E-state index contributed by atoms with van der Waals surface area (Å²) in [6, 6.07) is 10.2. The number of piperidine rings is 1. The summed E-state index contributed by atoms with van der Waals surface area (Å²) in [6.45, 7) is 5.31. The molecule has 0 spiro atoms. The van der Waals surface area contributed by atoms with Gasteiger partial charge in [0.05, 0.1) is 27.0 Å². The van der Waals surface area contributed by atoms with E-state index in [1.54, 1.807) is 54.7 Å². The molecule has 1 unspecified atom stereocenters. The third kappa shape index (κ3) is 6.94. The first-order valence-corrected chi connectivity index (χ1v) is 11.4. The molecule has 2 aromatic carbocycles. The highest BCUT2D eigenvalue weighted by atomic mass is 16.6. The van der Waals surface area contributed by atoms with Gasteiger partial charge < -0.3 is 24.1 Å². The number of phenols is 1. The Bertz CT molecular complexity index is 995. The molecule has 1 aliphatic rings. The number of anilines is 1. The molecule has 1 amide bonds. The van der Waals surface area contributed by atoms with Crippen LogP contribution in [0, 0.1) is 5.92 Å². The largest absolute Gasteiger partial charge is 0.504 e. The van der Waals surface area contributed by atoms with Crippen LogP contribution in [0.25, 0.3) is 0 Å². The average molecular weight is 472 g/mol. The molecule has 1 fully saturated rings. The van der Waals surface area contributed by atoms with Crippen LogP contribution in [-0.2, 0) is 4.74 Å². The van der Waals surface area contributed by atoms with E-state index in [9.17, 15) is 9.90 Å². The lowest BCUT2D eigenvalue weighted by Gasteiger charge is -2.32. The van der Waals surface area contributed by atoms with E-state index >= 15 is 0 Å². The normalized spacial score (nSPS) is 15.9. The molecule has 0 aliphatic carbocycles. The Balaban J connectivity index is 1.63. The van der Waals surface area contributed by atoms with Crippen molar-refractivity contribution in [2.24, 2.45) is 11.0 Å². The lowest BCUT2D eigenvalue weighted by molar-refractivity contribution is -0.0297. The fourth-order valence-corrected chi connectivity index (χ4v) is 3.46. The summed E-state index contributed by atoms with van der Waals surface area (Å²) >= 11 is 0. The zero-order valence-electron chi connectivity index (χ0n) is 20.1. The number of nitrogens with one attached hydrogen (secondary N) is 1. The van der Waals surface area contributed by atoms with E-state index in [-0.39, 0.29) is 5.75 Å². The van der Waals surface area contributed by atoms with Crippen molar-refractivity contribution < 1.29 is 28.8 Å². The molecular weight excluding hydrogens is 438 g/mol. The van der Waals surface area contributed by atoms with E-state index in [0.29, 0.717) is 54.0 Å². The van der Waals surface area contributed by atoms with E-state index < -0.39 is 12.3 Å². The van der Waals surface area contributed by atoms with Gasteiger partial charge in [-0.05, 0) is 54.7 Å². The topological polar surface area (TPSA) is 102 Å². The van der Waals surface area contributed by atoms with Gasteiger partial charge in [0, 0.05) is 24.7 Å². The van der Waals surface area contributed by atoms with Gasteiger partial charge in [0.1, 0.15) is 0 Å². The summed E-state index contributed by atoms with van der Waals surface area (Å²) in [5.41, 5.74) is 1.25. The molecule has 9 nitrogen and oxygen atoms in total. The quantitative estimate of drug-likeness (QED) is 0.505. The Morgan fingerprint density at radius 2 is 1.91 bits per heavy atom. The van der Waals surface area contributed by atoms with Crippen molar-refractivity contribution in [2.75, 3.05) is 32.7 Å². The Morgan fingerprint density at radius 1 is 1.15 bits per heavy atom. The number of hydrogen-bond acceptors (Lipinski definition) is 8. The van der Waals surface area contributed by atoms with Gasteiger partial charge in [-0.3, -0.25) is 10.3 Å². The lowest BCUT2D eigenvalue weighted by atomic mass is 10.1. The van der Waals surface area contributed by atoms with E-state index in [1.165, 1.54) is 7.11 Å². The number of rotatable bonds is 9. The second kappa shape index (κ2) is 12.0. The molecule has 184 valence electrons. The first-order valence-electron chi connectivity index (χ1n) is 11.4. The zero-order valence-corrected chi connectivity index (χ0v) is 20.1. The monoisotopic (exact) mass is 471 g/mol. The van der Waals surface area contributed by atoms with Crippen molar-refractivity contribution in [3.05, 3.63) is 42.0 Å². The minimum absolute atomic E-state index is 0.0357. The standard InChI is InChI=1S/C25H33N3O6/c1-17(2)16-33-23-14-19(9-11-22(23)32-4)27-25(30)34-24-7-5-6-12-28(24)26-15-18-8-10-21(31-3)20(29)13-18/h8-11,13-15,17,24,29H,5-7,12,16H2,1-4H3,(H,27,30). The number of nitrogens with zero attached hydrogens (tertiary/aromatic N) is 2. The number of ether oxygens (including phenoxy) is 4. The summed E-state index contributed by atoms with van der Waals surface area (Å²) in [7, 11) is 3.07. The second-order valence-electron chi connectivity index (χ2n) is 8.39. The Hall–Kier alpha value is -3.62. The van der Waals surface area contributed by atoms with Gasteiger partial charge in [0.2, 0.25) is 0 Å². The molecule has 3 rings (SSSR count). The number of phenolic OH excluding ortho intramolecular Hbond substituents is 1. The molecule has 9 heteroatoms. The third-order valence-electron chi connectivity index (χ3n) is 5.20. The highest BCUT2D eigenvalue weighted by Gasteiger charge is 2.25. The van der Waals surface area contributed by atoms with Crippen LogP contribution in [-0.4, -0.2) is 56.0 Å². The molecule has 0 saturated carbocycles. The maximum atomic E-state index is 12.6. The van der Waals surface area contributed by atoms with E-state index in [0.717, 1.165) is 12.8 Å². The Kier molecular flexibility index (Phi) is 8.84. The molecule has 1 heterocycles. The summed E-state index contributed by atoms with van der Waals surface area (Å²) < 4.78 is 21.9. The van der Waals surface area contributed by atoms with Gasteiger partial charge in [-0.1, -0.05) is 13.8 Å². The SMILES string of the molecule is COc1ccc(C=NN2CCCCC2OC(=O)Nc2ccc(OC)c(OCC(C)C)c2)cc1O. The van der Waals surface area contributed by atoms with Gasteiger partial charge in [-0.15, -0.1) is 0 Å². The summed E-state index contributed by atoms with van der Waals surface area (Å²) in [4.78, 5) is 12.6. The molecule has 2 aromatic rings. The summed E-state index contributed by atoms with van der Waals surface area (Å²) in [5, 5.41) is 18.9. The van der Waals surface area contributed by atoms with Gasteiger partial charge >= 0.3 is 6.09 Å². The van der Waals surface area contributed by atoms with Gasteiger partial charge in [-0.25, -0.2) is 4.79 Å². The minimum Gasteiger partial charge on any atom is -0.504 e. The molecule has 1 atom stereocenters. The molecule has 1 saturated heterocycles. The molecule has 1 aliphatic heterocycles. The average Bonchev–Trinajstić information content (AvgIpc) is 2.82. The number of aromatic hydroxyl groups is 1. The zero-order chi connectivity index (χ0) is 24.5. The predicted molar refractivity (Wildman–Crippen MR) is 130 cm³/mol. The number of hydrazone groups is 1. The highest BCUT2D eigenvalue weighted by molar-refractivity contribution is 5.85. The van der Waals surface area contributed by atoms with Crippen LogP contribution >= 0.6 is 0 Å². The number of carbonyl (C=O) groups is 1. The number of amides is 1. The fourth-order valence-electron chi connectivity index (χ4n) is 3.46.